The third kappa shape index (κ3) is 2.29. The van der Waals surface area contributed by atoms with Crippen molar-refractivity contribution in [2.24, 2.45) is 0 Å². The number of benzene rings is 3. The second kappa shape index (κ2) is 5.97. The Kier molecular flexibility index (Phi) is 3.47. The van der Waals surface area contributed by atoms with Crippen LogP contribution in [-0.4, -0.2) is 10.9 Å². The number of fused-ring (bicyclic) bond motifs is 3. The van der Waals surface area contributed by atoms with Gasteiger partial charge in [-0.15, -0.1) is 11.3 Å². The summed E-state index contributed by atoms with van der Waals surface area (Å²) in [6, 6.07) is 27.4. The first-order valence-corrected chi connectivity index (χ1v) is 9.36. The molecule has 5 rings (SSSR count). The minimum Gasteiger partial charge on any atom is -0.309 e. The maximum atomic E-state index is 11.0. The lowest BCUT2D eigenvalue weighted by Crippen LogP contribution is -1.92. The van der Waals surface area contributed by atoms with Gasteiger partial charge < -0.3 is 4.57 Å². The van der Waals surface area contributed by atoms with E-state index in [2.05, 4.69) is 71.3 Å². The fourth-order valence-corrected chi connectivity index (χ4v) is 4.29. The van der Waals surface area contributed by atoms with E-state index in [1.54, 1.807) is 0 Å². The van der Waals surface area contributed by atoms with Gasteiger partial charge in [-0.2, -0.15) is 0 Å². The molecule has 0 atom stereocenters. The maximum Gasteiger partial charge on any atom is 0.160 e. The molecule has 0 amide bonds. The first kappa shape index (κ1) is 15.1. The van der Waals surface area contributed by atoms with Crippen molar-refractivity contribution < 1.29 is 4.79 Å². The van der Waals surface area contributed by atoms with Crippen LogP contribution in [0.5, 0.6) is 0 Å². The average molecular weight is 353 g/mol. The molecule has 0 bridgehead atoms. The van der Waals surface area contributed by atoms with E-state index in [0.717, 1.165) is 28.0 Å². The van der Waals surface area contributed by atoms with Crippen molar-refractivity contribution in [3.05, 3.63) is 89.1 Å². The Bertz CT molecular complexity index is 1250. The Labute approximate surface area is 154 Å². The first-order chi connectivity index (χ1) is 12.8. The summed E-state index contributed by atoms with van der Waals surface area (Å²) in [4.78, 5) is 11.8. The number of para-hydroxylation sites is 2. The number of thiophene rings is 1. The third-order valence-corrected chi connectivity index (χ3v) is 5.61. The van der Waals surface area contributed by atoms with Crippen LogP contribution in [-0.2, 0) is 0 Å². The van der Waals surface area contributed by atoms with Gasteiger partial charge in [0.05, 0.1) is 15.9 Å². The van der Waals surface area contributed by atoms with E-state index in [1.165, 1.54) is 33.1 Å². The van der Waals surface area contributed by atoms with E-state index in [0.29, 0.717) is 0 Å². The van der Waals surface area contributed by atoms with Crippen LogP contribution >= 0.6 is 11.3 Å². The Morgan fingerprint density at radius 2 is 1.50 bits per heavy atom. The summed E-state index contributed by atoms with van der Waals surface area (Å²) in [6.07, 6.45) is 0.911. The Morgan fingerprint density at radius 1 is 0.731 bits per heavy atom. The molecule has 2 nitrogen and oxygen atoms in total. The second-order valence-electron chi connectivity index (χ2n) is 6.28. The molecule has 0 spiro atoms. The molecule has 0 aliphatic heterocycles. The van der Waals surface area contributed by atoms with Gasteiger partial charge in [-0.05, 0) is 52.9 Å². The number of rotatable bonds is 3. The van der Waals surface area contributed by atoms with Crippen molar-refractivity contribution in [2.45, 2.75) is 0 Å². The monoisotopic (exact) mass is 353 g/mol. The summed E-state index contributed by atoms with van der Waals surface area (Å²) in [5.74, 6) is 0. The van der Waals surface area contributed by atoms with Gasteiger partial charge in [0.15, 0.2) is 6.29 Å². The lowest BCUT2D eigenvalue weighted by molar-refractivity contribution is 0.112. The zero-order valence-electron chi connectivity index (χ0n) is 13.9. The highest BCUT2D eigenvalue weighted by Crippen LogP contribution is 2.35. The van der Waals surface area contributed by atoms with E-state index in [-0.39, 0.29) is 0 Å². The summed E-state index contributed by atoms with van der Waals surface area (Å²) < 4.78 is 2.30. The van der Waals surface area contributed by atoms with Crippen molar-refractivity contribution in [3.63, 3.8) is 0 Å². The van der Waals surface area contributed by atoms with Crippen molar-refractivity contribution >= 4 is 39.4 Å². The number of aromatic nitrogens is 1. The Balaban J connectivity index is 1.82. The smallest absolute Gasteiger partial charge is 0.160 e. The molecule has 0 aliphatic rings. The number of nitrogens with zero attached hydrogens (tertiary/aromatic N) is 1. The number of carbonyl (C=O) groups excluding carboxylic acids is 1. The van der Waals surface area contributed by atoms with E-state index in [9.17, 15) is 4.79 Å². The minimum atomic E-state index is 0.756. The molecule has 0 aliphatic carbocycles. The predicted molar refractivity (Wildman–Crippen MR) is 109 cm³/mol. The fourth-order valence-electron chi connectivity index (χ4n) is 3.57. The normalized spacial score (nSPS) is 11.2. The molecule has 5 aromatic rings. The zero-order valence-corrected chi connectivity index (χ0v) is 14.7. The molecule has 3 heteroatoms. The molecule has 26 heavy (non-hydrogen) atoms. The van der Waals surface area contributed by atoms with Crippen LogP contribution in [0.2, 0.25) is 0 Å². The zero-order chi connectivity index (χ0) is 17.5. The summed E-state index contributed by atoms with van der Waals surface area (Å²) in [6.45, 7) is 0. The van der Waals surface area contributed by atoms with Gasteiger partial charge in [0.2, 0.25) is 0 Å². The molecular formula is C23H15NOS. The standard InChI is InChI=1S/C23H15NOS/c25-14-19-12-17(15-26-19)16-10-11-23-21(13-16)20-8-4-5-9-22(20)24(23)18-6-2-1-3-7-18/h1-15H. The van der Waals surface area contributed by atoms with Crippen LogP contribution in [0.1, 0.15) is 9.67 Å². The van der Waals surface area contributed by atoms with E-state index in [4.69, 9.17) is 0 Å². The first-order valence-electron chi connectivity index (χ1n) is 8.48. The molecule has 0 N–H and O–H groups in total. The van der Waals surface area contributed by atoms with Gasteiger partial charge in [0.25, 0.3) is 0 Å². The molecule has 0 saturated carbocycles. The van der Waals surface area contributed by atoms with Crippen molar-refractivity contribution in [1.29, 1.82) is 0 Å². The van der Waals surface area contributed by atoms with E-state index in [1.807, 2.05) is 17.5 Å². The number of hydrogen-bond donors (Lipinski definition) is 0. The lowest BCUT2D eigenvalue weighted by atomic mass is 10.0. The summed E-state index contributed by atoms with van der Waals surface area (Å²) >= 11 is 1.48. The Hall–Kier alpha value is -3.17. The molecule has 0 unspecified atom stereocenters. The topological polar surface area (TPSA) is 22.0 Å². The van der Waals surface area contributed by atoms with Gasteiger partial charge >= 0.3 is 0 Å². The molecule has 124 valence electrons. The molecule has 0 saturated heterocycles. The van der Waals surface area contributed by atoms with Crippen molar-refractivity contribution in [1.82, 2.24) is 4.57 Å². The largest absolute Gasteiger partial charge is 0.309 e. The van der Waals surface area contributed by atoms with Crippen LogP contribution in [0.25, 0.3) is 38.6 Å². The maximum absolute atomic E-state index is 11.0. The molecular weight excluding hydrogens is 338 g/mol. The van der Waals surface area contributed by atoms with Crippen LogP contribution < -0.4 is 0 Å². The summed E-state index contributed by atoms with van der Waals surface area (Å²) in [7, 11) is 0. The second-order valence-corrected chi connectivity index (χ2v) is 7.22. The molecule has 2 heterocycles. The summed E-state index contributed by atoms with van der Waals surface area (Å²) in [5, 5.41) is 4.50. The average Bonchev–Trinajstić information content (AvgIpc) is 3.31. The predicted octanol–water partition coefficient (Wildman–Crippen LogP) is 6.32. The lowest BCUT2D eigenvalue weighted by Gasteiger charge is -2.07. The van der Waals surface area contributed by atoms with Crippen LogP contribution in [0.15, 0.2) is 84.2 Å². The van der Waals surface area contributed by atoms with E-state index >= 15 is 0 Å². The SMILES string of the molecule is O=Cc1cc(-c2ccc3c(c2)c2ccccc2n3-c2ccccc2)cs1. The number of carbonyl (C=O) groups is 1. The highest BCUT2D eigenvalue weighted by atomic mass is 32.1. The van der Waals surface area contributed by atoms with E-state index < -0.39 is 0 Å². The van der Waals surface area contributed by atoms with Crippen molar-refractivity contribution in [3.8, 4) is 16.8 Å². The van der Waals surface area contributed by atoms with Gasteiger partial charge in [-0.1, -0.05) is 42.5 Å². The van der Waals surface area contributed by atoms with Gasteiger partial charge in [-0.25, -0.2) is 0 Å². The van der Waals surface area contributed by atoms with Crippen LogP contribution in [0.4, 0.5) is 0 Å². The van der Waals surface area contributed by atoms with Gasteiger partial charge in [0, 0.05) is 16.5 Å². The highest BCUT2D eigenvalue weighted by molar-refractivity contribution is 7.12. The highest BCUT2D eigenvalue weighted by Gasteiger charge is 2.13. The molecule has 0 radical (unpaired) electrons. The minimum absolute atomic E-state index is 0.756. The molecule has 2 aromatic heterocycles. The Morgan fingerprint density at radius 3 is 2.31 bits per heavy atom. The molecule has 0 fully saturated rings. The van der Waals surface area contributed by atoms with Crippen molar-refractivity contribution in [2.75, 3.05) is 0 Å². The third-order valence-electron chi connectivity index (χ3n) is 4.76. The number of hydrogen-bond acceptors (Lipinski definition) is 2. The van der Waals surface area contributed by atoms with Gasteiger partial charge in [-0.3, -0.25) is 4.79 Å². The van der Waals surface area contributed by atoms with Gasteiger partial charge in [0.1, 0.15) is 0 Å². The quantitative estimate of drug-likeness (QED) is 0.348. The number of aldehydes is 1. The fraction of sp³-hybridized carbons (Fsp3) is 0. The van der Waals surface area contributed by atoms with Crippen LogP contribution in [0.3, 0.4) is 0 Å². The summed E-state index contributed by atoms with van der Waals surface area (Å²) in [5.41, 5.74) is 5.77. The molecule has 3 aromatic carbocycles. The van der Waals surface area contributed by atoms with Crippen LogP contribution in [0, 0.1) is 0 Å².